The van der Waals surface area contributed by atoms with E-state index >= 15 is 0 Å². The van der Waals surface area contributed by atoms with Crippen molar-refractivity contribution >= 4 is 5.69 Å². The lowest BCUT2D eigenvalue weighted by Crippen LogP contribution is -2.25. The van der Waals surface area contributed by atoms with Crippen LogP contribution in [0.15, 0.2) is 18.2 Å². The van der Waals surface area contributed by atoms with Gasteiger partial charge in [0, 0.05) is 18.2 Å². The zero-order valence-corrected chi connectivity index (χ0v) is 11.1. The van der Waals surface area contributed by atoms with Crippen LogP contribution in [0.2, 0.25) is 0 Å². The topological polar surface area (TPSA) is 12.0 Å². The Labute approximate surface area is 99.3 Å². The number of fused-ring (bicyclic) bond motifs is 1. The first kappa shape index (κ1) is 11.5. The maximum absolute atomic E-state index is 3.53. The third-order valence-electron chi connectivity index (χ3n) is 4.09. The zero-order chi connectivity index (χ0) is 11.9. The van der Waals surface area contributed by atoms with Crippen LogP contribution in [0.3, 0.4) is 0 Å². The summed E-state index contributed by atoms with van der Waals surface area (Å²) in [7, 11) is 0. The van der Waals surface area contributed by atoms with Crippen molar-refractivity contribution in [1.82, 2.24) is 0 Å². The van der Waals surface area contributed by atoms with E-state index < -0.39 is 0 Å². The summed E-state index contributed by atoms with van der Waals surface area (Å²) >= 11 is 0. The molecule has 0 fully saturated rings. The third kappa shape index (κ3) is 1.95. The van der Waals surface area contributed by atoms with Gasteiger partial charge in [-0.05, 0) is 29.9 Å². The van der Waals surface area contributed by atoms with Gasteiger partial charge in [-0.2, -0.15) is 0 Å². The predicted molar refractivity (Wildman–Crippen MR) is 71.0 cm³/mol. The van der Waals surface area contributed by atoms with Crippen LogP contribution in [-0.4, -0.2) is 6.54 Å². The Morgan fingerprint density at radius 1 is 1.31 bits per heavy atom. The SMILES string of the molecule is Cc1ccc2c(c1)C(C(C)C(C)(C)C)CN2. The second kappa shape index (κ2) is 3.80. The van der Waals surface area contributed by atoms with Gasteiger partial charge in [0.15, 0.2) is 0 Å². The lowest BCUT2D eigenvalue weighted by molar-refractivity contribution is 0.228. The van der Waals surface area contributed by atoms with Gasteiger partial charge in [0.2, 0.25) is 0 Å². The summed E-state index contributed by atoms with van der Waals surface area (Å²) in [6, 6.07) is 6.76. The minimum Gasteiger partial charge on any atom is -0.384 e. The third-order valence-corrected chi connectivity index (χ3v) is 4.09. The number of benzene rings is 1. The summed E-state index contributed by atoms with van der Waals surface area (Å²) < 4.78 is 0. The van der Waals surface area contributed by atoms with Crippen LogP contribution in [0.1, 0.15) is 44.7 Å². The number of anilines is 1. The first-order valence-electron chi connectivity index (χ1n) is 6.24. The number of rotatable bonds is 1. The Morgan fingerprint density at radius 2 is 2.00 bits per heavy atom. The van der Waals surface area contributed by atoms with Gasteiger partial charge in [0.1, 0.15) is 0 Å². The molecule has 0 bridgehead atoms. The minimum absolute atomic E-state index is 0.373. The molecule has 1 aromatic rings. The molecule has 2 unspecified atom stereocenters. The second-order valence-corrected chi connectivity index (χ2v) is 6.23. The van der Waals surface area contributed by atoms with Crippen LogP contribution < -0.4 is 5.32 Å². The molecule has 2 atom stereocenters. The van der Waals surface area contributed by atoms with Crippen molar-refractivity contribution in [3.05, 3.63) is 29.3 Å². The summed E-state index contributed by atoms with van der Waals surface area (Å²) in [6.07, 6.45) is 0. The summed E-state index contributed by atoms with van der Waals surface area (Å²) in [5, 5.41) is 3.53. The molecule has 0 amide bonds. The van der Waals surface area contributed by atoms with Crippen LogP contribution in [0, 0.1) is 18.3 Å². The fraction of sp³-hybridized carbons (Fsp3) is 0.600. The average molecular weight is 217 g/mol. The molecule has 88 valence electrons. The fourth-order valence-electron chi connectivity index (χ4n) is 2.53. The van der Waals surface area contributed by atoms with Crippen LogP contribution in [-0.2, 0) is 0 Å². The summed E-state index contributed by atoms with van der Waals surface area (Å²) in [6.45, 7) is 12.7. The van der Waals surface area contributed by atoms with E-state index in [0.717, 1.165) is 6.54 Å². The summed E-state index contributed by atoms with van der Waals surface area (Å²) in [4.78, 5) is 0. The molecule has 1 aliphatic heterocycles. The van der Waals surface area contributed by atoms with Crippen molar-refractivity contribution in [2.75, 3.05) is 11.9 Å². The van der Waals surface area contributed by atoms with Gasteiger partial charge < -0.3 is 5.32 Å². The average Bonchev–Trinajstić information content (AvgIpc) is 2.57. The molecular formula is C15H23N. The Balaban J connectivity index is 2.33. The van der Waals surface area contributed by atoms with Gasteiger partial charge in [-0.3, -0.25) is 0 Å². The molecule has 0 radical (unpaired) electrons. The molecule has 0 aromatic heterocycles. The van der Waals surface area contributed by atoms with E-state index in [1.54, 1.807) is 0 Å². The Bertz CT molecular complexity index is 387. The molecule has 16 heavy (non-hydrogen) atoms. The monoisotopic (exact) mass is 217 g/mol. The highest BCUT2D eigenvalue weighted by Gasteiger charge is 2.33. The van der Waals surface area contributed by atoms with E-state index in [1.165, 1.54) is 16.8 Å². The van der Waals surface area contributed by atoms with Gasteiger partial charge in [0.25, 0.3) is 0 Å². The highest BCUT2D eigenvalue weighted by Crippen LogP contribution is 2.43. The van der Waals surface area contributed by atoms with Crippen LogP contribution in [0.25, 0.3) is 0 Å². The maximum Gasteiger partial charge on any atom is 0.0376 e. The molecule has 0 saturated carbocycles. The zero-order valence-electron chi connectivity index (χ0n) is 11.1. The largest absolute Gasteiger partial charge is 0.384 e. The molecule has 1 N–H and O–H groups in total. The quantitative estimate of drug-likeness (QED) is 0.744. The van der Waals surface area contributed by atoms with Crippen LogP contribution >= 0.6 is 0 Å². The Morgan fingerprint density at radius 3 is 2.62 bits per heavy atom. The van der Waals surface area contributed by atoms with Crippen molar-refractivity contribution < 1.29 is 0 Å². The lowest BCUT2D eigenvalue weighted by Gasteiger charge is -2.32. The molecule has 1 heterocycles. The second-order valence-electron chi connectivity index (χ2n) is 6.23. The lowest BCUT2D eigenvalue weighted by atomic mass is 9.72. The molecular weight excluding hydrogens is 194 g/mol. The predicted octanol–water partition coefficient (Wildman–Crippen LogP) is 4.19. The van der Waals surface area contributed by atoms with Crippen molar-refractivity contribution in [1.29, 1.82) is 0 Å². The normalized spacial score (nSPS) is 21.4. The first-order chi connectivity index (χ1) is 7.39. The van der Waals surface area contributed by atoms with Crippen molar-refractivity contribution in [3.8, 4) is 0 Å². The van der Waals surface area contributed by atoms with E-state index in [1.807, 2.05) is 0 Å². The number of hydrogen-bond donors (Lipinski definition) is 1. The van der Waals surface area contributed by atoms with E-state index in [0.29, 0.717) is 17.3 Å². The maximum atomic E-state index is 3.53. The Hall–Kier alpha value is -0.980. The van der Waals surface area contributed by atoms with Gasteiger partial charge in [-0.25, -0.2) is 0 Å². The highest BCUT2D eigenvalue weighted by molar-refractivity contribution is 5.59. The van der Waals surface area contributed by atoms with E-state index in [-0.39, 0.29) is 0 Å². The molecule has 1 aromatic carbocycles. The number of nitrogens with one attached hydrogen (secondary N) is 1. The summed E-state index contributed by atoms with van der Waals surface area (Å²) in [5.74, 6) is 1.36. The van der Waals surface area contributed by atoms with Gasteiger partial charge in [0.05, 0.1) is 0 Å². The Kier molecular flexibility index (Phi) is 2.73. The molecule has 0 aliphatic carbocycles. The van der Waals surface area contributed by atoms with Crippen LogP contribution in [0.4, 0.5) is 5.69 Å². The highest BCUT2D eigenvalue weighted by atomic mass is 14.9. The number of hydrogen-bond acceptors (Lipinski definition) is 1. The van der Waals surface area contributed by atoms with E-state index in [2.05, 4.69) is 58.1 Å². The number of aryl methyl sites for hydroxylation is 1. The molecule has 1 aliphatic rings. The van der Waals surface area contributed by atoms with E-state index in [9.17, 15) is 0 Å². The first-order valence-corrected chi connectivity index (χ1v) is 6.24. The van der Waals surface area contributed by atoms with Crippen molar-refractivity contribution in [2.24, 2.45) is 11.3 Å². The van der Waals surface area contributed by atoms with Crippen LogP contribution in [0.5, 0.6) is 0 Å². The smallest absolute Gasteiger partial charge is 0.0376 e. The van der Waals surface area contributed by atoms with Gasteiger partial charge in [-0.1, -0.05) is 45.4 Å². The van der Waals surface area contributed by atoms with E-state index in [4.69, 9.17) is 0 Å². The minimum atomic E-state index is 0.373. The molecule has 0 saturated heterocycles. The molecule has 0 spiro atoms. The van der Waals surface area contributed by atoms with Crippen molar-refractivity contribution in [2.45, 2.75) is 40.5 Å². The van der Waals surface area contributed by atoms with Gasteiger partial charge >= 0.3 is 0 Å². The molecule has 1 heteroatoms. The fourth-order valence-corrected chi connectivity index (χ4v) is 2.53. The van der Waals surface area contributed by atoms with Gasteiger partial charge in [-0.15, -0.1) is 0 Å². The molecule has 2 rings (SSSR count). The standard InChI is InChI=1S/C15H23N/c1-10-6-7-14-12(8-10)13(9-16-14)11(2)15(3,4)5/h6-8,11,13,16H,9H2,1-5H3. The molecule has 1 nitrogen and oxygen atoms in total. The van der Waals surface area contributed by atoms with Crippen molar-refractivity contribution in [3.63, 3.8) is 0 Å². The summed E-state index contributed by atoms with van der Waals surface area (Å²) in [5.41, 5.74) is 4.60.